The number of rotatable bonds is 14. The number of hydrogen-bond acceptors (Lipinski definition) is 9. The summed E-state index contributed by atoms with van der Waals surface area (Å²) in [4.78, 5) is 59.6. The molecule has 61 heavy (non-hydrogen) atoms. The van der Waals surface area contributed by atoms with Crippen molar-refractivity contribution in [2.75, 3.05) is 20.2 Å². The molecule has 8 rings (SSSR count). The van der Waals surface area contributed by atoms with Gasteiger partial charge in [-0.2, -0.15) is 0 Å². The first kappa shape index (κ1) is 41.1. The summed E-state index contributed by atoms with van der Waals surface area (Å²) < 4.78 is 17.7. The summed E-state index contributed by atoms with van der Waals surface area (Å²) in [5.41, 5.74) is 14.6. The summed E-state index contributed by atoms with van der Waals surface area (Å²) in [6, 6.07) is 15.8. The highest BCUT2D eigenvalue weighted by Gasteiger charge is 2.39. The molecule has 14 heteroatoms. The van der Waals surface area contributed by atoms with Crippen molar-refractivity contribution in [3.63, 3.8) is 0 Å². The molecule has 0 bridgehead atoms. The van der Waals surface area contributed by atoms with Gasteiger partial charge >= 0.3 is 6.09 Å². The molecule has 0 unspecified atom stereocenters. The van der Waals surface area contributed by atoms with Gasteiger partial charge < -0.3 is 45.0 Å². The fourth-order valence-electron chi connectivity index (χ4n) is 8.49. The van der Waals surface area contributed by atoms with Gasteiger partial charge in [-0.15, -0.1) is 13.2 Å². The van der Waals surface area contributed by atoms with Crippen LogP contribution in [0.4, 0.5) is 4.79 Å². The lowest BCUT2D eigenvalue weighted by Gasteiger charge is -2.30. The molecule has 3 aromatic carbocycles. The summed E-state index contributed by atoms with van der Waals surface area (Å²) in [7, 11) is 1.27. The number of aromatic nitrogens is 4. The van der Waals surface area contributed by atoms with Crippen molar-refractivity contribution in [3.05, 3.63) is 121 Å². The molecule has 0 radical (unpaired) electrons. The van der Waals surface area contributed by atoms with Crippen LogP contribution < -0.4 is 20.5 Å². The normalized spacial score (nSPS) is 17.6. The number of nitrogens with zero attached hydrogens (tertiary/aromatic N) is 4. The van der Waals surface area contributed by atoms with E-state index in [2.05, 4.69) is 45.6 Å². The molecule has 3 amide bonds. The third-order valence-corrected chi connectivity index (χ3v) is 11.9. The minimum absolute atomic E-state index is 0.00617. The first-order chi connectivity index (χ1) is 29.5. The Bertz CT molecular complexity index is 2420. The fraction of sp³-hybridized carbons (Fsp3) is 0.340. The second-order valence-corrected chi connectivity index (χ2v) is 16.4. The number of nitrogens with one attached hydrogen (secondary N) is 3. The number of methoxy groups -OCH3 is 1. The zero-order valence-corrected chi connectivity index (χ0v) is 34.9. The van der Waals surface area contributed by atoms with E-state index < -0.39 is 18.2 Å². The zero-order valence-electron chi connectivity index (χ0n) is 34.9. The van der Waals surface area contributed by atoms with Gasteiger partial charge in [0.25, 0.3) is 0 Å². The predicted octanol–water partition coefficient (Wildman–Crippen LogP) is 7.23. The molecule has 14 nitrogen and oxygen atoms in total. The number of carbonyl (C=O) groups is 3. The number of imidazole rings is 2. The van der Waals surface area contributed by atoms with Crippen molar-refractivity contribution in [1.82, 2.24) is 35.1 Å². The Balaban J connectivity index is 1.02. The van der Waals surface area contributed by atoms with Gasteiger partial charge in [-0.25, -0.2) is 14.8 Å². The molecule has 3 aliphatic rings. The van der Waals surface area contributed by atoms with E-state index in [-0.39, 0.29) is 42.2 Å². The van der Waals surface area contributed by atoms with Crippen molar-refractivity contribution in [2.45, 2.75) is 65.1 Å². The Kier molecular flexibility index (Phi) is 11.5. The number of nitrogens with two attached hydrogens (primary N) is 1. The van der Waals surface area contributed by atoms with Crippen LogP contribution in [0.1, 0.15) is 67.6 Å². The van der Waals surface area contributed by atoms with Gasteiger partial charge in [0, 0.05) is 46.5 Å². The first-order valence-electron chi connectivity index (χ1n) is 20.6. The highest BCUT2D eigenvalue weighted by Crippen LogP contribution is 2.51. The lowest BCUT2D eigenvalue weighted by molar-refractivity contribution is -0.135. The van der Waals surface area contributed by atoms with Gasteiger partial charge in [0.05, 0.1) is 43.5 Å². The van der Waals surface area contributed by atoms with E-state index in [1.807, 2.05) is 74.2 Å². The molecule has 5 atom stereocenters. The van der Waals surface area contributed by atoms with E-state index in [9.17, 15) is 14.4 Å². The van der Waals surface area contributed by atoms with E-state index in [0.29, 0.717) is 44.4 Å². The molecule has 1 saturated heterocycles. The highest BCUT2D eigenvalue weighted by molar-refractivity contribution is 5.89. The van der Waals surface area contributed by atoms with Crippen molar-refractivity contribution >= 4 is 17.9 Å². The van der Waals surface area contributed by atoms with Crippen LogP contribution in [0.15, 0.2) is 92.3 Å². The van der Waals surface area contributed by atoms with Crippen LogP contribution in [0.5, 0.6) is 11.5 Å². The summed E-state index contributed by atoms with van der Waals surface area (Å²) in [6.45, 7) is 15.4. The number of benzene rings is 3. The SMILES string of the molecule is C=C[C@H]1C[C@@H](c2ncc(-c3cc4c5c(c3)OCc3cc(-c6cnc(CN(C[C@H](C)C=C)C(=O)[C@@H](NC(=O)OC)C(C)C)[nH]6)cc(c3-5)OC4)[nH]2)N(C(=O)[C@H](N)c2ccccc2)C1. The maximum absolute atomic E-state index is 13.8. The van der Waals surface area contributed by atoms with Gasteiger partial charge in [-0.05, 0) is 54.0 Å². The van der Waals surface area contributed by atoms with Crippen LogP contribution in [-0.2, 0) is 34.1 Å². The second kappa shape index (κ2) is 17.1. The summed E-state index contributed by atoms with van der Waals surface area (Å²) in [6.07, 6.45) is 7.28. The van der Waals surface area contributed by atoms with Crippen LogP contribution in [0.25, 0.3) is 33.6 Å². The van der Waals surface area contributed by atoms with E-state index in [0.717, 1.165) is 61.8 Å². The number of carbonyl (C=O) groups excluding carboxylic acids is 3. The Morgan fingerprint density at radius 1 is 0.967 bits per heavy atom. The Morgan fingerprint density at radius 2 is 1.61 bits per heavy atom. The number of hydrogen-bond donors (Lipinski definition) is 4. The van der Waals surface area contributed by atoms with Crippen molar-refractivity contribution in [1.29, 1.82) is 0 Å². The molecule has 3 aliphatic heterocycles. The number of amides is 3. The number of aromatic amines is 2. The van der Waals surface area contributed by atoms with Crippen molar-refractivity contribution in [2.24, 2.45) is 23.5 Å². The number of H-pyrrole nitrogens is 2. The van der Waals surface area contributed by atoms with Crippen LogP contribution >= 0.6 is 0 Å². The average molecular weight is 825 g/mol. The van der Waals surface area contributed by atoms with E-state index >= 15 is 0 Å². The highest BCUT2D eigenvalue weighted by atomic mass is 16.5. The van der Waals surface area contributed by atoms with Crippen LogP contribution in [0, 0.1) is 17.8 Å². The molecule has 1 fully saturated rings. The van der Waals surface area contributed by atoms with E-state index in [4.69, 9.17) is 24.9 Å². The van der Waals surface area contributed by atoms with Crippen molar-refractivity contribution < 1.29 is 28.6 Å². The van der Waals surface area contributed by atoms with Crippen LogP contribution in [0.2, 0.25) is 0 Å². The molecule has 2 aromatic heterocycles. The van der Waals surface area contributed by atoms with Gasteiger partial charge in [0.1, 0.15) is 48.4 Å². The first-order valence-corrected chi connectivity index (χ1v) is 20.6. The molecule has 5 N–H and O–H groups in total. The monoisotopic (exact) mass is 824 g/mol. The third-order valence-electron chi connectivity index (χ3n) is 11.9. The molecule has 5 aromatic rings. The van der Waals surface area contributed by atoms with Gasteiger partial charge in [0.15, 0.2) is 0 Å². The summed E-state index contributed by atoms with van der Waals surface area (Å²) in [5.74, 6) is 2.36. The number of ether oxygens (including phenoxy) is 3. The van der Waals surface area contributed by atoms with E-state index in [1.54, 1.807) is 23.4 Å². The quantitative estimate of drug-likeness (QED) is 0.0841. The van der Waals surface area contributed by atoms with Crippen LogP contribution in [0.3, 0.4) is 0 Å². The van der Waals surface area contributed by atoms with E-state index in [1.165, 1.54) is 7.11 Å². The largest absolute Gasteiger partial charge is 0.488 e. The minimum atomic E-state index is -0.778. The lowest BCUT2D eigenvalue weighted by Crippen LogP contribution is -2.51. The number of alkyl carbamates (subject to hydrolysis) is 1. The molecule has 0 aliphatic carbocycles. The van der Waals surface area contributed by atoms with Gasteiger partial charge in [-0.1, -0.05) is 63.3 Å². The standard InChI is InChI=1S/C47H52N8O6/c1-7-27(5)21-54(46(57)43(26(3)4)53-47(58)59-6)23-39-49-19-34(51-39)30-15-32-24-61-38-18-31(16-33-25-60-37(17-30)40(32)41(33)38)35-20-50-44(52-35)36-14-28(8-2)22-55(36)45(56)42(48)29-12-10-9-11-13-29/h7-13,15-20,26-28,36,42-43H,1-2,14,21-25,48H2,3-6H3,(H,49,51)(H,50,52)(H,53,58)/t27-,28+,36+,42-,43+/m1/s1. The molecular weight excluding hydrogens is 773 g/mol. The molecular formula is C47H52N8O6. The molecule has 0 saturated carbocycles. The Hall–Kier alpha value is -6.67. The number of likely N-dealkylation sites (tertiary alicyclic amines) is 1. The fourth-order valence-corrected chi connectivity index (χ4v) is 8.49. The molecule has 316 valence electrons. The summed E-state index contributed by atoms with van der Waals surface area (Å²) in [5, 5.41) is 2.69. The summed E-state index contributed by atoms with van der Waals surface area (Å²) >= 11 is 0. The predicted molar refractivity (Wildman–Crippen MR) is 231 cm³/mol. The van der Waals surface area contributed by atoms with Gasteiger partial charge in [0.2, 0.25) is 11.8 Å². The Morgan fingerprint density at radius 3 is 2.21 bits per heavy atom. The zero-order chi connectivity index (χ0) is 42.9. The second-order valence-electron chi connectivity index (χ2n) is 16.4. The van der Waals surface area contributed by atoms with Gasteiger partial charge in [-0.3, -0.25) is 9.59 Å². The Labute approximate surface area is 355 Å². The average Bonchev–Trinajstić information content (AvgIpc) is 4.07. The lowest BCUT2D eigenvalue weighted by atomic mass is 9.87. The minimum Gasteiger partial charge on any atom is -0.488 e. The maximum atomic E-state index is 13.8. The van der Waals surface area contributed by atoms with Crippen LogP contribution in [-0.4, -0.2) is 73.9 Å². The smallest absolute Gasteiger partial charge is 0.407 e. The van der Waals surface area contributed by atoms with Crippen molar-refractivity contribution in [3.8, 4) is 45.1 Å². The topological polar surface area (TPSA) is 181 Å². The third kappa shape index (κ3) is 8.15. The molecule has 5 heterocycles. The molecule has 0 spiro atoms. The maximum Gasteiger partial charge on any atom is 0.407 e.